The normalized spacial score (nSPS) is 11.3. The Morgan fingerprint density at radius 1 is 1.22 bits per heavy atom. The molecule has 1 aromatic heterocycles. The number of hydrogen-bond acceptors (Lipinski definition) is 5. The van der Waals surface area contributed by atoms with Gasteiger partial charge in [0.05, 0.1) is 20.5 Å². The van der Waals surface area contributed by atoms with Crippen molar-refractivity contribution in [2.24, 2.45) is 5.10 Å². The lowest BCUT2D eigenvalue weighted by Crippen LogP contribution is -1.94. The Hall–Kier alpha value is -2.15. The number of hydrogen-bond donors (Lipinski definition) is 1. The molecule has 0 atom stereocenters. The van der Waals surface area contributed by atoms with Crippen molar-refractivity contribution in [1.82, 2.24) is 4.98 Å². The minimum Gasteiger partial charge on any atom is -0.260 e. The lowest BCUT2D eigenvalue weighted by Gasteiger charge is -2.03. The number of nitrogens with one attached hydrogen (secondary N) is 1. The highest BCUT2D eigenvalue weighted by Gasteiger charge is 2.09. The SMILES string of the molecule is O=[N+]([O-])c1ccccc1C=CC=NNc1nc(Cl)c(Cl)cc1Cl. The van der Waals surface area contributed by atoms with Crippen molar-refractivity contribution >= 4 is 58.6 Å². The standard InChI is InChI=1S/C14H9Cl3N4O2/c15-10-8-11(16)14(19-13(10)17)20-18-7-3-5-9-4-1-2-6-12(9)21(22)23/h1-8H,(H,19,20). The Kier molecular flexibility index (Phi) is 5.92. The number of nitro groups is 1. The van der Waals surface area contributed by atoms with Gasteiger partial charge in [-0.1, -0.05) is 46.9 Å². The summed E-state index contributed by atoms with van der Waals surface area (Å²) < 4.78 is 0. The molecule has 2 aromatic rings. The molecule has 2 rings (SSSR count). The van der Waals surface area contributed by atoms with Gasteiger partial charge in [0.25, 0.3) is 5.69 Å². The number of nitrogens with zero attached hydrogens (tertiary/aromatic N) is 3. The van der Waals surface area contributed by atoms with Crippen LogP contribution in [0.2, 0.25) is 15.2 Å². The van der Waals surface area contributed by atoms with Crippen molar-refractivity contribution in [3.63, 3.8) is 0 Å². The van der Waals surface area contributed by atoms with Gasteiger partial charge in [0, 0.05) is 12.3 Å². The quantitative estimate of drug-likeness (QED) is 0.345. The third-order valence-electron chi connectivity index (χ3n) is 2.63. The minimum atomic E-state index is -0.450. The average molecular weight is 372 g/mol. The third kappa shape index (κ3) is 4.66. The molecule has 0 amide bonds. The molecule has 0 aliphatic rings. The minimum absolute atomic E-state index is 0.0132. The Balaban J connectivity index is 2.06. The van der Waals surface area contributed by atoms with Gasteiger partial charge >= 0.3 is 0 Å². The smallest absolute Gasteiger partial charge is 0.260 e. The van der Waals surface area contributed by atoms with Crippen LogP contribution in [0.25, 0.3) is 6.08 Å². The first-order chi connectivity index (χ1) is 11.0. The summed E-state index contributed by atoms with van der Waals surface area (Å²) in [6.45, 7) is 0. The second kappa shape index (κ2) is 7.92. The number of aromatic nitrogens is 1. The van der Waals surface area contributed by atoms with E-state index in [0.29, 0.717) is 5.56 Å². The molecular weight excluding hydrogens is 363 g/mol. The number of para-hydroxylation sites is 1. The number of nitro benzene ring substituents is 1. The summed E-state index contributed by atoms with van der Waals surface area (Å²) in [6, 6.07) is 7.81. The van der Waals surface area contributed by atoms with E-state index in [1.165, 1.54) is 18.3 Å². The molecule has 1 heterocycles. The first kappa shape index (κ1) is 17.2. The molecule has 0 fully saturated rings. The zero-order valence-electron chi connectivity index (χ0n) is 11.4. The second-order valence-electron chi connectivity index (χ2n) is 4.16. The summed E-state index contributed by atoms with van der Waals surface area (Å²) in [5, 5.41) is 15.4. The van der Waals surface area contributed by atoms with Gasteiger partial charge in [-0.2, -0.15) is 5.10 Å². The number of halogens is 3. The predicted molar refractivity (Wildman–Crippen MR) is 93.5 cm³/mol. The maximum absolute atomic E-state index is 10.9. The number of rotatable bonds is 5. The second-order valence-corrected chi connectivity index (χ2v) is 5.33. The largest absolute Gasteiger partial charge is 0.276 e. The zero-order valence-corrected chi connectivity index (χ0v) is 13.7. The number of hydrazone groups is 1. The van der Waals surface area contributed by atoms with Crippen LogP contribution in [-0.4, -0.2) is 16.1 Å². The van der Waals surface area contributed by atoms with Crippen molar-refractivity contribution < 1.29 is 4.92 Å². The third-order valence-corrected chi connectivity index (χ3v) is 3.59. The highest BCUT2D eigenvalue weighted by atomic mass is 35.5. The van der Waals surface area contributed by atoms with Crippen LogP contribution in [0.5, 0.6) is 0 Å². The molecule has 0 bridgehead atoms. The lowest BCUT2D eigenvalue weighted by atomic mass is 10.2. The van der Waals surface area contributed by atoms with E-state index in [9.17, 15) is 10.1 Å². The molecule has 0 aliphatic carbocycles. The van der Waals surface area contributed by atoms with Crippen molar-refractivity contribution in [2.45, 2.75) is 0 Å². The fourth-order valence-electron chi connectivity index (χ4n) is 1.61. The van der Waals surface area contributed by atoms with E-state index in [1.54, 1.807) is 30.4 Å². The molecule has 1 N–H and O–H groups in total. The molecule has 0 saturated heterocycles. The van der Waals surface area contributed by atoms with Gasteiger partial charge in [-0.15, -0.1) is 0 Å². The van der Waals surface area contributed by atoms with E-state index in [4.69, 9.17) is 34.8 Å². The molecule has 0 aliphatic heterocycles. The van der Waals surface area contributed by atoms with Crippen molar-refractivity contribution in [2.75, 3.05) is 5.43 Å². The van der Waals surface area contributed by atoms with Crippen LogP contribution in [-0.2, 0) is 0 Å². The number of pyridine rings is 1. The molecule has 0 saturated carbocycles. The average Bonchev–Trinajstić information content (AvgIpc) is 2.52. The molecule has 0 spiro atoms. The molecular formula is C14H9Cl3N4O2. The van der Waals surface area contributed by atoms with Gasteiger partial charge < -0.3 is 0 Å². The van der Waals surface area contributed by atoms with E-state index in [0.717, 1.165) is 0 Å². The molecule has 23 heavy (non-hydrogen) atoms. The molecule has 9 heteroatoms. The summed E-state index contributed by atoms with van der Waals surface area (Å²) in [5.41, 5.74) is 3.08. The van der Waals surface area contributed by atoms with Crippen molar-refractivity contribution in [3.05, 3.63) is 67.3 Å². The topological polar surface area (TPSA) is 80.4 Å². The number of anilines is 1. The molecule has 1 aromatic carbocycles. The van der Waals surface area contributed by atoms with Crippen LogP contribution < -0.4 is 5.43 Å². The zero-order chi connectivity index (χ0) is 16.8. The first-order valence-corrected chi connectivity index (χ1v) is 7.33. The van der Waals surface area contributed by atoms with Crippen LogP contribution in [0.1, 0.15) is 5.56 Å². The molecule has 118 valence electrons. The van der Waals surface area contributed by atoms with E-state index in [-0.39, 0.29) is 26.7 Å². The number of allylic oxidation sites excluding steroid dienone is 1. The Labute approximate surface area is 146 Å². The fourth-order valence-corrected chi connectivity index (χ4v) is 2.15. The summed E-state index contributed by atoms with van der Waals surface area (Å²) in [5.74, 6) is 0.247. The molecule has 0 radical (unpaired) electrons. The lowest BCUT2D eigenvalue weighted by molar-refractivity contribution is -0.385. The highest BCUT2D eigenvalue weighted by Crippen LogP contribution is 2.28. The molecule has 6 nitrogen and oxygen atoms in total. The van der Waals surface area contributed by atoms with Gasteiger partial charge in [-0.3, -0.25) is 15.5 Å². The van der Waals surface area contributed by atoms with Gasteiger partial charge in [0.1, 0.15) is 5.15 Å². The van der Waals surface area contributed by atoms with Crippen LogP contribution >= 0.6 is 34.8 Å². The maximum Gasteiger partial charge on any atom is 0.276 e. The van der Waals surface area contributed by atoms with E-state index >= 15 is 0 Å². The Morgan fingerprint density at radius 3 is 2.70 bits per heavy atom. The van der Waals surface area contributed by atoms with Gasteiger partial charge in [-0.25, -0.2) is 4.98 Å². The van der Waals surface area contributed by atoms with E-state index in [2.05, 4.69) is 15.5 Å². The highest BCUT2D eigenvalue weighted by molar-refractivity contribution is 6.42. The molecule has 0 unspecified atom stereocenters. The Morgan fingerprint density at radius 2 is 1.96 bits per heavy atom. The monoisotopic (exact) mass is 370 g/mol. The summed E-state index contributed by atoms with van der Waals surface area (Å²) in [4.78, 5) is 14.4. The summed E-state index contributed by atoms with van der Waals surface area (Å²) in [7, 11) is 0. The maximum atomic E-state index is 10.9. The van der Waals surface area contributed by atoms with Crippen molar-refractivity contribution in [3.8, 4) is 0 Å². The number of benzene rings is 1. The Bertz CT molecular complexity index is 794. The van der Waals surface area contributed by atoms with Crippen LogP contribution in [0.15, 0.2) is 41.5 Å². The van der Waals surface area contributed by atoms with Crippen LogP contribution in [0.3, 0.4) is 0 Å². The van der Waals surface area contributed by atoms with Crippen LogP contribution in [0, 0.1) is 10.1 Å². The van der Waals surface area contributed by atoms with Crippen LogP contribution in [0.4, 0.5) is 11.5 Å². The predicted octanol–water partition coefficient (Wildman–Crippen LogP) is 5.06. The summed E-state index contributed by atoms with van der Waals surface area (Å²) >= 11 is 17.5. The first-order valence-electron chi connectivity index (χ1n) is 6.19. The van der Waals surface area contributed by atoms with Gasteiger partial charge in [0.2, 0.25) is 0 Å². The van der Waals surface area contributed by atoms with Gasteiger partial charge in [0.15, 0.2) is 5.82 Å². The van der Waals surface area contributed by atoms with Crippen molar-refractivity contribution in [1.29, 1.82) is 0 Å². The fraction of sp³-hybridized carbons (Fsp3) is 0. The summed E-state index contributed by atoms with van der Waals surface area (Å²) in [6.07, 6.45) is 4.51. The van der Waals surface area contributed by atoms with E-state index in [1.807, 2.05) is 0 Å². The van der Waals surface area contributed by atoms with Gasteiger partial charge in [-0.05, 0) is 24.3 Å². The van der Waals surface area contributed by atoms with E-state index < -0.39 is 4.92 Å².